The SMILES string of the molecule is CC(C)C(C)N1CCN(CC(=O)O)CCN(CC(=O)O)CCN(CC(=O)O)CC1. The summed E-state index contributed by atoms with van der Waals surface area (Å²) in [6.45, 7) is 10.3. The number of nitrogens with zero attached hydrogens (tertiary/aromatic N) is 4. The number of hydrogen-bond acceptors (Lipinski definition) is 7. The van der Waals surface area contributed by atoms with E-state index in [1.807, 2.05) is 9.80 Å². The first-order chi connectivity index (χ1) is 13.6. The van der Waals surface area contributed by atoms with Gasteiger partial charge in [-0.05, 0) is 12.8 Å². The monoisotopic (exact) mass is 416 g/mol. The first-order valence-electron chi connectivity index (χ1n) is 10.1. The molecular weight excluding hydrogens is 380 g/mol. The molecule has 3 N–H and O–H groups in total. The molecule has 0 aliphatic carbocycles. The third-order valence-corrected chi connectivity index (χ3v) is 5.49. The van der Waals surface area contributed by atoms with E-state index in [-0.39, 0.29) is 25.7 Å². The molecule has 0 amide bonds. The molecule has 1 atom stereocenters. The predicted octanol–water partition coefficient (Wildman–Crippen LogP) is -0.494. The van der Waals surface area contributed by atoms with Crippen LogP contribution in [0.15, 0.2) is 0 Å². The quantitative estimate of drug-likeness (QED) is 0.477. The highest BCUT2D eigenvalue weighted by molar-refractivity contribution is 5.69. The molecule has 1 fully saturated rings. The molecule has 0 aromatic carbocycles. The molecule has 168 valence electrons. The second kappa shape index (κ2) is 12.7. The Hall–Kier alpha value is -1.75. The third-order valence-electron chi connectivity index (χ3n) is 5.49. The van der Waals surface area contributed by atoms with Crippen LogP contribution in [-0.4, -0.2) is 131 Å². The van der Waals surface area contributed by atoms with Gasteiger partial charge in [-0.1, -0.05) is 13.8 Å². The van der Waals surface area contributed by atoms with Gasteiger partial charge in [-0.15, -0.1) is 0 Å². The van der Waals surface area contributed by atoms with Gasteiger partial charge in [-0.25, -0.2) is 0 Å². The topological polar surface area (TPSA) is 125 Å². The van der Waals surface area contributed by atoms with Gasteiger partial charge in [0, 0.05) is 58.4 Å². The van der Waals surface area contributed by atoms with Crippen LogP contribution >= 0.6 is 0 Å². The van der Waals surface area contributed by atoms with Crippen LogP contribution in [0, 0.1) is 5.92 Å². The van der Waals surface area contributed by atoms with Crippen molar-refractivity contribution in [1.82, 2.24) is 19.6 Å². The lowest BCUT2D eigenvalue weighted by atomic mass is 10.0. The minimum absolute atomic E-state index is 0.0874. The van der Waals surface area contributed by atoms with Gasteiger partial charge in [0.15, 0.2) is 0 Å². The van der Waals surface area contributed by atoms with Crippen molar-refractivity contribution in [3.05, 3.63) is 0 Å². The number of carboxylic acid groups (broad SMARTS) is 3. The van der Waals surface area contributed by atoms with E-state index in [2.05, 4.69) is 25.7 Å². The average molecular weight is 417 g/mol. The van der Waals surface area contributed by atoms with Gasteiger partial charge < -0.3 is 15.3 Å². The second-order valence-electron chi connectivity index (χ2n) is 8.03. The van der Waals surface area contributed by atoms with Crippen LogP contribution in [0.4, 0.5) is 0 Å². The highest BCUT2D eigenvalue weighted by Gasteiger charge is 2.23. The van der Waals surface area contributed by atoms with Gasteiger partial charge in [-0.3, -0.25) is 34.0 Å². The molecule has 0 bridgehead atoms. The molecule has 0 radical (unpaired) electrons. The van der Waals surface area contributed by atoms with E-state index in [4.69, 9.17) is 5.11 Å². The average Bonchev–Trinajstić information content (AvgIpc) is 2.59. The molecule has 0 aromatic heterocycles. The fourth-order valence-electron chi connectivity index (χ4n) is 3.43. The maximum Gasteiger partial charge on any atom is 0.317 e. The lowest BCUT2D eigenvalue weighted by molar-refractivity contribution is -0.140. The van der Waals surface area contributed by atoms with E-state index >= 15 is 0 Å². The number of carboxylic acids is 3. The van der Waals surface area contributed by atoms with E-state index in [9.17, 15) is 24.6 Å². The van der Waals surface area contributed by atoms with Crippen molar-refractivity contribution >= 4 is 17.9 Å². The minimum Gasteiger partial charge on any atom is -0.480 e. The zero-order chi connectivity index (χ0) is 22.0. The summed E-state index contributed by atoms with van der Waals surface area (Å²) < 4.78 is 0. The van der Waals surface area contributed by atoms with Crippen molar-refractivity contribution in [2.75, 3.05) is 72.0 Å². The smallest absolute Gasteiger partial charge is 0.317 e. The Balaban J connectivity index is 2.97. The zero-order valence-corrected chi connectivity index (χ0v) is 17.8. The van der Waals surface area contributed by atoms with E-state index in [1.54, 1.807) is 4.90 Å². The van der Waals surface area contributed by atoms with Gasteiger partial charge >= 0.3 is 17.9 Å². The number of carbonyl (C=O) groups is 3. The summed E-state index contributed by atoms with van der Waals surface area (Å²) in [5.41, 5.74) is 0. The van der Waals surface area contributed by atoms with Crippen molar-refractivity contribution < 1.29 is 29.7 Å². The van der Waals surface area contributed by atoms with Crippen molar-refractivity contribution in [3.63, 3.8) is 0 Å². The van der Waals surface area contributed by atoms with Crippen LogP contribution in [0.3, 0.4) is 0 Å². The highest BCUT2D eigenvalue weighted by Crippen LogP contribution is 2.11. The standard InChI is InChI=1S/C19H36N4O6/c1-15(2)16(3)23-10-8-21(13-18(26)27)6-4-20(12-17(24)25)5-7-22(9-11-23)14-19(28)29/h15-16H,4-14H2,1-3H3,(H,24,25)(H,26,27)(H,28,29). The molecule has 1 rings (SSSR count). The molecule has 10 heteroatoms. The predicted molar refractivity (Wildman–Crippen MR) is 108 cm³/mol. The molecule has 1 unspecified atom stereocenters. The fourth-order valence-corrected chi connectivity index (χ4v) is 3.43. The first kappa shape index (κ1) is 25.3. The Bertz CT molecular complexity index is 513. The molecule has 0 spiro atoms. The van der Waals surface area contributed by atoms with E-state index in [0.29, 0.717) is 58.3 Å². The second-order valence-corrected chi connectivity index (χ2v) is 8.03. The lowest BCUT2D eigenvalue weighted by Crippen LogP contribution is -2.50. The first-order valence-corrected chi connectivity index (χ1v) is 10.1. The van der Waals surface area contributed by atoms with Crippen LogP contribution in [0.2, 0.25) is 0 Å². The molecule has 1 aliphatic heterocycles. The van der Waals surface area contributed by atoms with Gasteiger partial charge in [0.1, 0.15) is 0 Å². The van der Waals surface area contributed by atoms with Crippen LogP contribution in [0.25, 0.3) is 0 Å². The van der Waals surface area contributed by atoms with Gasteiger partial charge in [0.2, 0.25) is 0 Å². The summed E-state index contributed by atoms with van der Waals surface area (Å²) in [6, 6.07) is 0.278. The van der Waals surface area contributed by atoms with Crippen LogP contribution in [0.5, 0.6) is 0 Å². The van der Waals surface area contributed by atoms with E-state index in [1.165, 1.54) is 0 Å². The molecule has 0 aromatic rings. The van der Waals surface area contributed by atoms with Crippen molar-refractivity contribution in [2.24, 2.45) is 5.92 Å². The fraction of sp³-hybridized carbons (Fsp3) is 0.842. The maximum absolute atomic E-state index is 11.2. The van der Waals surface area contributed by atoms with E-state index in [0.717, 1.165) is 0 Å². The van der Waals surface area contributed by atoms with Crippen molar-refractivity contribution in [2.45, 2.75) is 26.8 Å². The van der Waals surface area contributed by atoms with Crippen molar-refractivity contribution in [3.8, 4) is 0 Å². The van der Waals surface area contributed by atoms with Crippen molar-refractivity contribution in [1.29, 1.82) is 0 Å². The molecule has 1 heterocycles. The summed E-state index contributed by atoms with van der Waals surface area (Å²) in [6.07, 6.45) is 0. The third kappa shape index (κ3) is 10.6. The number of rotatable bonds is 8. The highest BCUT2D eigenvalue weighted by atomic mass is 16.4. The number of aliphatic carboxylic acids is 3. The number of hydrogen-bond donors (Lipinski definition) is 3. The van der Waals surface area contributed by atoms with Gasteiger partial charge in [-0.2, -0.15) is 0 Å². The Labute approximate surface area is 172 Å². The van der Waals surface area contributed by atoms with Crippen LogP contribution in [0.1, 0.15) is 20.8 Å². The van der Waals surface area contributed by atoms with E-state index < -0.39 is 17.9 Å². The van der Waals surface area contributed by atoms with Gasteiger partial charge in [0.25, 0.3) is 0 Å². The summed E-state index contributed by atoms with van der Waals surface area (Å²) in [5.74, 6) is -2.35. The lowest BCUT2D eigenvalue weighted by Gasteiger charge is -2.36. The van der Waals surface area contributed by atoms with Crippen LogP contribution < -0.4 is 0 Å². The summed E-state index contributed by atoms with van der Waals surface area (Å²) in [5, 5.41) is 27.6. The molecule has 1 aliphatic rings. The Morgan fingerprint density at radius 1 is 0.621 bits per heavy atom. The molecule has 1 saturated heterocycles. The van der Waals surface area contributed by atoms with Crippen LogP contribution in [-0.2, 0) is 14.4 Å². The Morgan fingerprint density at radius 2 is 0.897 bits per heavy atom. The summed E-state index contributed by atoms with van der Waals surface area (Å²) in [7, 11) is 0. The molecule has 0 saturated carbocycles. The Morgan fingerprint density at radius 3 is 1.14 bits per heavy atom. The maximum atomic E-state index is 11.2. The minimum atomic E-state index is -0.955. The summed E-state index contributed by atoms with van der Waals surface area (Å²) >= 11 is 0. The Kier molecular flexibility index (Phi) is 11.1. The molecule has 10 nitrogen and oxygen atoms in total. The molecular formula is C19H36N4O6. The molecule has 29 heavy (non-hydrogen) atoms. The van der Waals surface area contributed by atoms with Gasteiger partial charge in [0.05, 0.1) is 19.6 Å². The zero-order valence-electron chi connectivity index (χ0n) is 17.8. The summed E-state index contributed by atoms with van der Waals surface area (Å²) in [4.78, 5) is 41.4. The normalized spacial score (nSPS) is 20.7. The largest absolute Gasteiger partial charge is 0.480 e.